The lowest BCUT2D eigenvalue weighted by molar-refractivity contribution is 0.0638. The Kier molecular flexibility index (Phi) is 5.15. The van der Waals surface area contributed by atoms with Crippen LogP contribution < -0.4 is 5.32 Å². The highest BCUT2D eigenvalue weighted by molar-refractivity contribution is 7.15. The van der Waals surface area contributed by atoms with Crippen molar-refractivity contribution in [2.24, 2.45) is 0 Å². The first-order chi connectivity index (χ1) is 12.4. The summed E-state index contributed by atoms with van der Waals surface area (Å²) in [5, 5.41) is 3.24. The molecule has 0 saturated heterocycles. The van der Waals surface area contributed by atoms with E-state index < -0.39 is 0 Å². The minimum absolute atomic E-state index is 0.256. The van der Waals surface area contributed by atoms with Crippen molar-refractivity contribution in [2.75, 3.05) is 25.6 Å². The summed E-state index contributed by atoms with van der Waals surface area (Å²) in [7, 11) is 1.57. The number of nitrogens with one attached hydrogen (secondary N) is 1. The highest BCUT2D eigenvalue weighted by Gasteiger charge is 2.35. The first-order valence-corrected chi connectivity index (χ1v) is 8.98. The van der Waals surface area contributed by atoms with E-state index >= 15 is 0 Å². The molecule has 1 aliphatic heterocycles. The van der Waals surface area contributed by atoms with Crippen LogP contribution in [0.5, 0.6) is 0 Å². The molecule has 0 atom stereocenters. The number of hydrogen-bond acceptors (Lipinski definition) is 6. The van der Waals surface area contributed by atoms with Crippen LogP contribution in [-0.2, 0) is 4.74 Å². The second-order valence-electron chi connectivity index (χ2n) is 5.98. The molecule has 1 aromatic carbocycles. The number of rotatable bonds is 6. The zero-order valence-corrected chi connectivity index (χ0v) is 15.6. The molecule has 0 unspecified atom stereocenters. The van der Waals surface area contributed by atoms with Crippen molar-refractivity contribution < 1.29 is 19.1 Å². The lowest BCUT2D eigenvalue weighted by Gasteiger charge is -2.12. The molecule has 1 aromatic heterocycles. The number of fused-ring (bicyclic) bond motifs is 1. The summed E-state index contributed by atoms with van der Waals surface area (Å²) in [5.74, 6) is -1.07. The molecule has 0 bridgehead atoms. The van der Waals surface area contributed by atoms with E-state index in [1.165, 1.54) is 28.4 Å². The molecule has 136 valence electrons. The normalized spacial score (nSPS) is 13.3. The average Bonchev–Trinajstić information content (AvgIpc) is 3.05. The summed E-state index contributed by atoms with van der Waals surface area (Å²) >= 11 is 1.39. The summed E-state index contributed by atoms with van der Waals surface area (Å²) in [6.07, 6.45) is 0.568. The maximum absolute atomic E-state index is 12.5. The molecule has 3 rings (SSSR count). The summed E-state index contributed by atoms with van der Waals surface area (Å²) in [6.45, 7) is 4.56. The fourth-order valence-electron chi connectivity index (χ4n) is 2.70. The van der Waals surface area contributed by atoms with Gasteiger partial charge in [-0.25, -0.2) is 4.98 Å². The van der Waals surface area contributed by atoms with Crippen LogP contribution in [-0.4, -0.2) is 47.9 Å². The van der Waals surface area contributed by atoms with Gasteiger partial charge in [-0.2, -0.15) is 0 Å². The van der Waals surface area contributed by atoms with Gasteiger partial charge in [0.1, 0.15) is 0 Å². The van der Waals surface area contributed by atoms with E-state index in [0.29, 0.717) is 35.8 Å². The van der Waals surface area contributed by atoms with Gasteiger partial charge in [-0.1, -0.05) is 0 Å². The van der Waals surface area contributed by atoms with E-state index in [2.05, 4.69) is 10.3 Å². The van der Waals surface area contributed by atoms with Gasteiger partial charge in [-0.3, -0.25) is 24.6 Å². The van der Waals surface area contributed by atoms with E-state index in [1.54, 1.807) is 13.2 Å². The van der Waals surface area contributed by atoms with Gasteiger partial charge in [-0.05, 0) is 38.5 Å². The molecule has 2 aromatic rings. The molecule has 0 aliphatic carbocycles. The average molecular weight is 373 g/mol. The van der Waals surface area contributed by atoms with E-state index in [0.717, 1.165) is 10.6 Å². The van der Waals surface area contributed by atoms with Crippen molar-refractivity contribution in [3.05, 3.63) is 45.5 Å². The third-order valence-electron chi connectivity index (χ3n) is 4.21. The second kappa shape index (κ2) is 7.35. The standard InChI is InChI=1S/C18H19N3O4S/c1-10-11(2)26-18(19-10)20-15(22)12-5-6-13-14(9-12)17(24)21(16(13)23)7-4-8-25-3/h5-6,9H,4,7-8H2,1-3H3,(H,19,20,22). The number of nitrogens with zero attached hydrogens (tertiary/aromatic N) is 2. The molecule has 3 amide bonds. The van der Waals surface area contributed by atoms with Crippen LogP contribution in [0.15, 0.2) is 18.2 Å². The smallest absolute Gasteiger partial charge is 0.261 e. The van der Waals surface area contributed by atoms with Gasteiger partial charge in [0.05, 0.1) is 16.8 Å². The Hall–Kier alpha value is -2.58. The van der Waals surface area contributed by atoms with Crippen LogP contribution >= 0.6 is 11.3 Å². The van der Waals surface area contributed by atoms with E-state index in [1.807, 2.05) is 13.8 Å². The van der Waals surface area contributed by atoms with Crippen LogP contribution in [0.3, 0.4) is 0 Å². The van der Waals surface area contributed by atoms with Crippen LogP contribution in [0.1, 0.15) is 48.1 Å². The maximum Gasteiger partial charge on any atom is 0.261 e. The summed E-state index contributed by atoms with van der Waals surface area (Å²) in [4.78, 5) is 43.8. The van der Waals surface area contributed by atoms with Gasteiger partial charge in [0.2, 0.25) is 0 Å². The van der Waals surface area contributed by atoms with Gasteiger partial charge in [0.25, 0.3) is 17.7 Å². The van der Waals surface area contributed by atoms with Gasteiger partial charge >= 0.3 is 0 Å². The minimum atomic E-state index is -0.378. The molecule has 0 spiro atoms. The third kappa shape index (κ3) is 3.38. The Morgan fingerprint density at radius 3 is 2.62 bits per heavy atom. The van der Waals surface area contributed by atoms with E-state index in [4.69, 9.17) is 4.74 Å². The molecule has 2 heterocycles. The lowest BCUT2D eigenvalue weighted by atomic mass is 10.1. The Bertz CT molecular complexity index is 871. The molecule has 0 saturated carbocycles. The molecule has 8 heteroatoms. The van der Waals surface area contributed by atoms with Crippen molar-refractivity contribution >= 4 is 34.2 Å². The fraction of sp³-hybridized carbons (Fsp3) is 0.333. The van der Waals surface area contributed by atoms with Crippen LogP contribution in [0, 0.1) is 13.8 Å². The van der Waals surface area contributed by atoms with Gasteiger partial charge in [0, 0.05) is 30.7 Å². The van der Waals surface area contributed by atoms with Crippen molar-refractivity contribution in [3.8, 4) is 0 Å². The Morgan fingerprint density at radius 1 is 1.23 bits per heavy atom. The Morgan fingerprint density at radius 2 is 1.96 bits per heavy atom. The molecule has 0 radical (unpaired) electrons. The number of methoxy groups -OCH3 is 1. The van der Waals surface area contributed by atoms with Crippen molar-refractivity contribution in [1.82, 2.24) is 9.88 Å². The monoisotopic (exact) mass is 373 g/mol. The Labute approximate surface area is 155 Å². The minimum Gasteiger partial charge on any atom is -0.385 e. The number of amides is 3. The highest BCUT2D eigenvalue weighted by atomic mass is 32.1. The van der Waals surface area contributed by atoms with Gasteiger partial charge in [-0.15, -0.1) is 11.3 Å². The summed E-state index contributed by atoms with van der Waals surface area (Å²) < 4.78 is 4.96. The molecule has 1 N–H and O–H groups in total. The molecule has 7 nitrogen and oxygen atoms in total. The summed E-state index contributed by atoms with van der Waals surface area (Å²) in [6, 6.07) is 4.54. The second-order valence-corrected chi connectivity index (χ2v) is 7.19. The topological polar surface area (TPSA) is 88.6 Å². The van der Waals surface area contributed by atoms with Crippen molar-refractivity contribution in [2.45, 2.75) is 20.3 Å². The number of aromatic nitrogens is 1. The number of imide groups is 1. The molecule has 0 fully saturated rings. The lowest BCUT2D eigenvalue weighted by Crippen LogP contribution is -2.31. The predicted octanol–water partition coefficient (Wildman–Crippen LogP) is 2.64. The fourth-order valence-corrected chi connectivity index (χ4v) is 3.51. The zero-order valence-electron chi connectivity index (χ0n) is 14.8. The Balaban J connectivity index is 1.78. The number of anilines is 1. The third-order valence-corrected chi connectivity index (χ3v) is 5.20. The van der Waals surface area contributed by atoms with E-state index in [9.17, 15) is 14.4 Å². The zero-order chi connectivity index (χ0) is 18.8. The SMILES string of the molecule is COCCCN1C(=O)c2ccc(C(=O)Nc3nc(C)c(C)s3)cc2C1=O. The number of carbonyl (C=O) groups is 3. The van der Waals surface area contributed by atoms with E-state index in [-0.39, 0.29) is 23.3 Å². The van der Waals surface area contributed by atoms with Crippen LogP contribution in [0.25, 0.3) is 0 Å². The predicted molar refractivity (Wildman–Crippen MR) is 97.8 cm³/mol. The first-order valence-electron chi connectivity index (χ1n) is 8.17. The number of benzene rings is 1. The number of carbonyl (C=O) groups excluding carboxylic acids is 3. The molecular weight excluding hydrogens is 354 g/mol. The highest BCUT2D eigenvalue weighted by Crippen LogP contribution is 2.26. The van der Waals surface area contributed by atoms with Gasteiger partial charge in [0.15, 0.2) is 5.13 Å². The molecule has 26 heavy (non-hydrogen) atoms. The van der Waals surface area contributed by atoms with Crippen molar-refractivity contribution in [1.29, 1.82) is 0 Å². The first kappa shape index (κ1) is 18.2. The number of aryl methyl sites for hydroxylation is 2. The van der Waals surface area contributed by atoms with Crippen molar-refractivity contribution in [3.63, 3.8) is 0 Å². The summed E-state index contributed by atoms with van der Waals surface area (Å²) in [5.41, 5.74) is 1.76. The number of thiazole rings is 1. The quantitative estimate of drug-likeness (QED) is 0.621. The molecular formula is C18H19N3O4S. The van der Waals surface area contributed by atoms with Crippen LogP contribution in [0.4, 0.5) is 5.13 Å². The largest absolute Gasteiger partial charge is 0.385 e. The number of hydrogen-bond donors (Lipinski definition) is 1. The maximum atomic E-state index is 12.5. The van der Waals surface area contributed by atoms with Crippen LogP contribution in [0.2, 0.25) is 0 Å². The number of ether oxygens (including phenoxy) is 1. The van der Waals surface area contributed by atoms with Gasteiger partial charge < -0.3 is 4.74 Å². The molecule has 1 aliphatic rings.